The standard InChI is InChI=1S/C13H20N2O2/c1-3-4-15(2)7-10-5-12(14)6-11-8-16-9-17-13(10)11/h5-6H,3-4,7-9,14H2,1-2H3. The molecule has 0 unspecified atom stereocenters. The average Bonchev–Trinajstić information content (AvgIpc) is 2.29. The molecule has 0 amide bonds. The first-order chi connectivity index (χ1) is 8.20. The summed E-state index contributed by atoms with van der Waals surface area (Å²) in [5.41, 5.74) is 8.88. The summed E-state index contributed by atoms with van der Waals surface area (Å²) in [4.78, 5) is 2.27. The number of fused-ring (bicyclic) bond motifs is 1. The van der Waals surface area contributed by atoms with Crippen LogP contribution in [0, 0.1) is 0 Å². The largest absolute Gasteiger partial charge is 0.467 e. The van der Waals surface area contributed by atoms with Crippen molar-refractivity contribution in [3.05, 3.63) is 23.3 Å². The van der Waals surface area contributed by atoms with Crippen molar-refractivity contribution in [3.63, 3.8) is 0 Å². The van der Waals surface area contributed by atoms with E-state index >= 15 is 0 Å². The van der Waals surface area contributed by atoms with Crippen molar-refractivity contribution in [3.8, 4) is 5.75 Å². The van der Waals surface area contributed by atoms with Crippen LogP contribution < -0.4 is 10.5 Å². The highest BCUT2D eigenvalue weighted by Crippen LogP contribution is 2.31. The van der Waals surface area contributed by atoms with Crippen LogP contribution in [0.1, 0.15) is 24.5 Å². The molecule has 1 aromatic rings. The van der Waals surface area contributed by atoms with Gasteiger partial charge in [-0.25, -0.2) is 0 Å². The molecule has 4 heteroatoms. The minimum absolute atomic E-state index is 0.335. The molecular formula is C13H20N2O2. The quantitative estimate of drug-likeness (QED) is 0.812. The SMILES string of the molecule is CCCN(C)Cc1cc(N)cc2c1OCOC2. The summed E-state index contributed by atoms with van der Waals surface area (Å²) in [6.07, 6.45) is 1.14. The van der Waals surface area contributed by atoms with Gasteiger partial charge in [0.1, 0.15) is 5.75 Å². The second-order valence-corrected chi connectivity index (χ2v) is 4.52. The Labute approximate surface area is 102 Å². The maximum atomic E-state index is 5.90. The van der Waals surface area contributed by atoms with E-state index in [0.29, 0.717) is 13.4 Å². The third kappa shape index (κ3) is 2.90. The Balaban J connectivity index is 2.23. The molecule has 2 rings (SSSR count). The summed E-state index contributed by atoms with van der Waals surface area (Å²) in [6.45, 7) is 5.03. The van der Waals surface area contributed by atoms with Gasteiger partial charge in [-0.15, -0.1) is 0 Å². The molecule has 0 aromatic heterocycles. The fourth-order valence-electron chi connectivity index (χ4n) is 2.20. The highest BCUT2D eigenvalue weighted by atomic mass is 16.7. The molecule has 4 nitrogen and oxygen atoms in total. The second kappa shape index (κ2) is 5.38. The number of nitrogens with zero attached hydrogens (tertiary/aromatic N) is 1. The Morgan fingerprint density at radius 3 is 3.00 bits per heavy atom. The summed E-state index contributed by atoms with van der Waals surface area (Å²) in [5, 5.41) is 0. The predicted molar refractivity (Wildman–Crippen MR) is 67.8 cm³/mol. The van der Waals surface area contributed by atoms with E-state index < -0.39 is 0 Å². The van der Waals surface area contributed by atoms with Gasteiger partial charge in [-0.2, -0.15) is 0 Å². The Morgan fingerprint density at radius 2 is 2.24 bits per heavy atom. The normalized spacial score (nSPS) is 14.5. The van der Waals surface area contributed by atoms with Crippen LogP contribution in [0.2, 0.25) is 0 Å². The van der Waals surface area contributed by atoms with E-state index in [9.17, 15) is 0 Å². The zero-order valence-electron chi connectivity index (χ0n) is 10.5. The van der Waals surface area contributed by atoms with Crippen LogP contribution in [-0.4, -0.2) is 25.3 Å². The molecule has 2 N–H and O–H groups in total. The number of nitrogen functional groups attached to an aromatic ring is 1. The minimum Gasteiger partial charge on any atom is -0.467 e. The molecule has 0 spiro atoms. The molecule has 17 heavy (non-hydrogen) atoms. The molecule has 0 aliphatic carbocycles. The van der Waals surface area contributed by atoms with Crippen LogP contribution in [0.25, 0.3) is 0 Å². The lowest BCUT2D eigenvalue weighted by molar-refractivity contribution is -0.0173. The van der Waals surface area contributed by atoms with E-state index in [1.54, 1.807) is 0 Å². The number of hydrogen-bond acceptors (Lipinski definition) is 4. The van der Waals surface area contributed by atoms with Crippen LogP contribution >= 0.6 is 0 Å². The molecule has 1 heterocycles. The molecule has 0 fully saturated rings. The number of benzene rings is 1. The van der Waals surface area contributed by atoms with Crippen molar-refractivity contribution < 1.29 is 9.47 Å². The highest BCUT2D eigenvalue weighted by molar-refractivity contribution is 5.53. The molecule has 0 atom stereocenters. The number of nitrogens with two attached hydrogens (primary N) is 1. The highest BCUT2D eigenvalue weighted by Gasteiger charge is 2.16. The van der Waals surface area contributed by atoms with Crippen LogP contribution in [-0.2, 0) is 17.9 Å². The monoisotopic (exact) mass is 236 g/mol. The van der Waals surface area contributed by atoms with Crippen LogP contribution in [0.5, 0.6) is 5.75 Å². The average molecular weight is 236 g/mol. The van der Waals surface area contributed by atoms with Crippen LogP contribution in [0.3, 0.4) is 0 Å². The molecule has 94 valence electrons. The first kappa shape index (κ1) is 12.2. The van der Waals surface area contributed by atoms with Crippen molar-refractivity contribution in [2.75, 3.05) is 26.1 Å². The van der Waals surface area contributed by atoms with Crippen molar-refractivity contribution in [1.29, 1.82) is 0 Å². The van der Waals surface area contributed by atoms with Gasteiger partial charge in [-0.1, -0.05) is 6.92 Å². The smallest absolute Gasteiger partial charge is 0.189 e. The molecule has 0 saturated carbocycles. The Morgan fingerprint density at radius 1 is 1.41 bits per heavy atom. The second-order valence-electron chi connectivity index (χ2n) is 4.52. The van der Waals surface area contributed by atoms with Crippen molar-refractivity contribution in [2.24, 2.45) is 0 Å². The maximum Gasteiger partial charge on any atom is 0.189 e. The minimum atomic E-state index is 0.335. The van der Waals surface area contributed by atoms with Crippen LogP contribution in [0.15, 0.2) is 12.1 Å². The summed E-state index contributed by atoms with van der Waals surface area (Å²) in [5.74, 6) is 0.952. The van der Waals surface area contributed by atoms with Gasteiger partial charge in [-0.05, 0) is 32.1 Å². The molecule has 0 radical (unpaired) electrons. The third-order valence-corrected chi connectivity index (χ3v) is 2.85. The van der Waals surface area contributed by atoms with Gasteiger partial charge >= 0.3 is 0 Å². The van der Waals surface area contributed by atoms with Gasteiger partial charge in [0, 0.05) is 23.4 Å². The van der Waals surface area contributed by atoms with Crippen molar-refractivity contribution in [1.82, 2.24) is 4.90 Å². The summed E-state index contributed by atoms with van der Waals surface area (Å²) in [6, 6.07) is 3.92. The first-order valence-corrected chi connectivity index (χ1v) is 6.01. The van der Waals surface area contributed by atoms with Gasteiger partial charge < -0.3 is 20.1 Å². The lowest BCUT2D eigenvalue weighted by Crippen LogP contribution is -2.21. The van der Waals surface area contributed by atoms with Gasteiger partial charge in [0.25, 0.3) is 0 Å². The van der Waals surface area contributed by atoms with Crippen molar-refractivity contribution in [2.45, 2.75) is 26.5 Å². The summed E-state index contributed by atoms with van der Waals surface area (Å²) >= 11 is 0. The van der Waals surface area contributed by atoms with Crippen molar-refractivity contribution >= 4 is 5.69 Å². The van der Waals surface area contributed by atoms with Gasteiger partial charge in [-0.3, -0.25) is 0 Å². The predicted octanol–water partition coefficient (Wildman–Crippen LogP) is 1.98. The summed E-state index contributed by atoms with van der Waals surface area (Å²) < 4.78 is 10.9. The van der Waals surface area contributed by atoms with E-state index in [4.69, 9.17) is 15.2 Å². The van der Waals surface area contributed by atoms with Gasteiger partial charge in [0.15, 0.2) is 6.79 Å². The lowest BCUT2D eigenvalue weighted by atomic mass is 10.1. The van der Waals surface area contributed by atoms with E-state index in [2.05, 4.69) is 18.9 Å². The van der Waals surface area contributed by atoms with Crippen LogP contribution in [0.4, 0.5) is 5.69 Å². The van der Waals surface area contributed by atoms with E-state index in [1.807, 2.05) is 12.1 Å². The zero-order chi connectivity index (χ0) is 12.3. The fraction of sp³-hybridized carbons (Fsp3) is 0.538. The molecule has 0 saturated heterocycles. The Hall–Kier alpha value is -1.26. The summed E-state index contributed by atoms with van der Waals surface area (Å²) in [7, 11) is 2.11. The number of rotatable bonds is 4. The third-order valence-electron chi connectivity index (χ3n) is 2.85. The van der Waals surface area contributed by atoms with E-state index in [-0.39, 0.29) is 0 Å². The van der Waals surface area contributed by atoms with E-state index in [0.717, 1.165) is 42.1 Å². The molecule has 1 aromatic carbocycles. The van der Waals surface area contributed by atoms with E-state index in [1.165, 1.54) is 0 Å². The Bertz CT molecular complexity index is 393. The first-order valence-electron chi connectivity index (χ1n) is 6.01. The molecule has 0 bridgehead atoms. The van der Waals surface area contributed by atoms with Gasteiger partial charge in [0.05, 0.1) is 6.61 Å². The molecule has 1 aliphatic heterocycles. The van der Waals surface area contributed by atoms with Gasteiger partial charge in [0.2, 0.25) is 0 Å². The molecule has 1 aliphatic rings. The maximum absolute atomic E-state index is 5.90. The number of ether oxygens (including phenoxy) is 2. The fourth-order valence-corrected chi connectivity index (χ4v) is 2.20. The zero-order valence-corrected chi connectivity index (χ0v) is 10.5. The number of anilines is 1. The number of hydrogen-bond donors (Lipinski definition) is 1. The molecular weight excluding hydrogens is 216 g/mol. The Kier molecular flexibility index (Phi) is 3.86. The lowest BCUT2D eigenvalue weighted by Gasteiger charge is -2.24. The topological polar surface area (TPSA) is 47.7 Å².